The molecule has 0 bridgehead atoms. The van der Waals surface area contributed by atoms with Crippen LogP contribution in [0.4, 0.5) is 26.3 Å². The highest BCUT2D eigenvalue weighted by Crippen LogP contribution is 2.51. The van der Waals surface area contributed by atoms with Gasteiger partial charge >= 0.3 is 24.5 Å². The van der Waals surface area contributed by atoms with Crippen LogP contribution in [0, 0.1) is 0 Å². The first-order chi connectivity index (χ1) is 17.8. The first kappa shape index (κ1) is 26.7. The fraction of sp³-hybridized carbons (Fsp3) is 0.0769. The van der Waals surface area contributed by atoms with Crippen molar-refractivity contribution in [3.63, 3.8) is 0 Å². The number of halogens is 6. The molecule has 38 heavy (non-hydrogen) atoms. The van der Waals surface area contributed by atoms with Crippen molar-refractivity contribution in [2.45, 2.75) is 12.5 Å². The molecule has 4 rings (SSSR count). The molecule has 1 aromatic heterocycles. The summed E-state index contributed by atoms with van der Waals surface area (Å²) >= 11 is 0.412. The van der Waals surface area contributed by atoms with E-state index in [-0.39, 0.29) is 32.3 Å². The molecule has 5 nitrogen and oxygen atoms in total. The number of esters is 2. The summed E-state index contributed by atoms with van der Waals surface area (Å²) in [6.45, 7) is 6.41. The number of fused-ring (bicyclic) bond motifs is 3. The van der Waals surface area contributed by atoms with E-state index in [1.165, 1.54) is 42.5 Å². The number of carbonyl (C=O) groups is 2. The highest BCUT2D eigenvalue weighted by atomic mass is 32.1. The Balaban J connectivity index is 1.97. The molecule has 0 aliphatic rings. The SMILES string of the molecule is C=CC(=O)Oc1ccc(-c2ccc3c(sc4c(C(F)(F)F)c(OC(=O)C=C)ccc43)c2OC(F)(F)F)cc1. The standard InChI is InChI=1S/C26H14F6O5S/c1-3-19(33)35-14-7-5-13(6-8-14)15-9-10-17-16-11-12-18(36-20(34)4-2)21(25(27,28)29)23(16)38-24(17)22(15)37-26(30,31)32/h3-12H,1-2H2. The lowest BCUT2D eigenvalue weighted by Crippen LogP contribution is -2.17. The van der Waals surface area contributed by atoms with Crippen LogP contribution in [0.2, 0.25) is 0 Å². The van der Waals surface area contributed by atoms with Crippen molar-refractivity contribution in [1.29, 1.82) is 0 Å². The van der Waals surface area contributed by atoms with E-state index in [0.717, 1.165) is 12.1 Å². The maximum atomic E-state index is 14.1. The molecule has 0 atom stereocenters. The quantitative estimate of drug-likeness (QED) is 0.106. The topological polar surface area (TPSA) is 61.8 Å². The molecule has 1 heterocycles. The lowest BCUT2D eigenvalue weighted by molar-refractivity contribution is -0.273. The molecule has 3 aromatic carbocycles. The molecule has 0 saturated heterocycles. The molecule has 0 fully saturated rings. The normalized spacial score (nSPS) is 11.8. The molecule has 4 aromatic rings. The zero-order chi connectivity index (χ0) is 27.8. The molecule has 0 radical (unpaired) electrons. The van der Waals surface area contributed by atoms with Crippen molar-refractivity contribution in [3.8, 4) is 28.4 Å². The molecule has 0 amide bonds. The summed E-state index contributed by atoms with van der Waals surface area (Å²) in [4.78, 5) is 23.0. The summed E-state index contributed by atoms with van der Waals surface area (Å²) in [6.07, 6.45) is -8.57. The average molecular weight is 552 g/mol. The lowest BCUT2D eigenvalue weighted by Gasteiger charge is -2.15. The molecule has 0 spiro atoms. The second-order valence-electron chi connectivity index (χ2n) is 7.56. The van der Waals surface area contributed by atoms with Crippen LogP contribution < -0.4 is 14.2 Å². The van der Waals surface area contributed by atoms with Gasteiger partial charge in [0.05, 0.1) is 9.40 Å². The Hall–Kier alpha value is -4.32. The van der Waals surface area contributed by atoms with Gasteiger partial charge in [0.25, 0.3) is 0 Å². The summed E-state index contributed by atoms with van der Waals surface area (Å²) in [5.74, 6) is -3.32. The van der Waals surface area contributed by atoms with E-state index >= 15 is 0 Å². The summed E-state index contributed by atoms with van der Waals surface area (Å²) in [7, 11) is 0. The third-order valence-corrected chi connectivity index (χ3v) is 6.39. The summed E-state index contributed by atoms with van der Waals surface area (Å²) in [6, 6.07) is 10.1. The van der Waals surface area contributed by atoms with Crippen LogP contribution in [0.1, 0.15) is 5.56 Å². The van der Waals surface area contributed by atoms with Crippen LogP contribution in [-0.2, 0) is 15.8 Å². The molecule has 0 aliphatic heterocycles. The number of carbonyl (C=O) groups excluding carboxylic acids is 2. The Kier molecular flexibility index (Phi) is 6.94. The maximum Gasteiger partial charge on any atom is 0.573 e. The minimum Gasteiger partial charge on any atom is -0.423 e. The minimum absolute atomic E-state index is 0.0130. The van der Waals surface area contributed by atoms with E-state index in [1.54, 1.807) is 0 Å². The Labute approximate surface area is 214 Å². The number of hydrogen-bond acceptors (Lipinski definition) is 6. The zero-order valence-electron chi connectivity index (χ0n) is 18.9. The predicted octanol–water partition coefficient (Wildman–Crippen LogP) is 7.82. The van der Waals surface area contributed by atoms with Crippen molar-refractivity contribution in [2.75, 3.05) is 0 Å². The van der Waals surface area contributed by atoms with Gasteiger partial charge in [-0.15, -0.1) is 24.5 Å². The Morgan fingerprint density at radius 1 is 0.763 bits per heavy atom. The first-order valence-electron chi connectivity index (χ1n) is 10.5. The second kappa shape index (κ2) is 9.86. The number of hydrogen-bond donors (Lipinski definition) is 0. The first-order valence-corrected chi connectivity index (χ1v) is 11.3. The smallest absolute Gasteiger partial charge is 0.423 e. The Morgan fingerprint density at radius 3 is 1.92 bits per heavy atom. The van der Waals surface area contributed by atoms with E-state index in [2.05, 4.69) is 17.9 Å². The van der Waals surface area contributed by atoms with Gasteiger partial charge < -0.3 is 14.2 Å². The van der Waals surface area contributed by atoms with Gasteiger partial charge in [-0.1, -0.05) is 31.4 Å². The third-order valence-electron chi connectivity index (χ3n) is 5.15. The van der Waals surface area contributed by atoms with E-state index in [4.69, 9.17) is 9.47 Å². The monoisotopic (exact) mass is 552 g/mol. The van der Waals surface area contributed by atoms with E-state index < -0.39 is 46.2 Å². The van der Waals surface area contributed by atoms with E-state index in [9.17, 15) is 35.9 Å². The highest BCUT2D eigenvalue weighted by Gasteiger charge is 2.39. The fourth-order valence-corrected chi connectivity index (χ4v) is 5.01. The summed E-state index contributed by atoms with van der Waals surface area (Å²) < 4.78 is 95.9. The van der Waals surface area contributed by atoms with Crippen molar-refractivity contribution in [2.24, 2.45) is 0 Å². The van der Waals surface area contributed by atoms with E-state index in [1.807, 2.05) is 0 Å². The van der Waals surface area contributed by atoms with Crippen molar-refractivity contribution in [1.82, 2.24) is 0 Å². The largest absolute Gasteiger partial charge is 0.573 e. The fourth-order valence-electron chi connectivity index (χ4n) is 3.67. The van der Waals surface area contributed by atoms with Crippen LogP contribution in [0.25, 0.3) is 31.3 Å². The van der Waals surface area contributed by atoms with Gasteiger partial charge in [0, 0.05) is 28.5 Å². The number of thiophene rings is 1. The van der Waals surface area contributed by atoms with Gasteiger partial charge in [-0.05, 0) is 35.9 Å². The van der Waals surface area contributed by atoms with Gasteiger partial charge in [-0.25, -0.2) is 9.59 Å². The van der Waals surface area contributed by atoms with Gasteiger partial charge in [-0.3, -0.25) is 0 Å². The van der Waals surface area contributed by atoms with Crippen LogP contribution in [0.15, 0.2) is 73.8 Å². The van der Waals surface area contributed by atoms with Gasteiger partial charge in [-0.2, -0.15) is 13.2 Å². The molecule has 196 valence electrons. The van der Waals surface area contributed by atoms with Gasteiger partial charge in [0.15, 0.2) is 5.75 Å². The molecular weight excluding hydrogens is 538 g/mol. The van der Waals surface area contributed by atoms with Crippen LogP contribution in [0.5, 0.6) is 17.2 Å². The third kappa shape index (κ3) is 5.35. The lowest BCUT2D eigenvalue weighted by atomic mass is 10.0. The predicted molar refractivity (Wildman–Crippen MR) is 128 cm³/mol. The van der Waals surface area contributed by atoms with Crippen molar-refractivity contribution >= 4 is 43.4 Å². The summed E-state index contributed by atoms with van der Waals surface area (Å²) in [5, 5.41) is 0.0533. The van der Waals surface area contributed by atoms with Gasteiger partial charge in [0.2, 0.25) is 0 Å². The van der Waals surface area contributed by atoms with Crippen molar-refractivity contribution in [3.05, 3.63) is 79.4 Å². The summed E-state index contributed by atoms with van der Waals surface area (Å²) in [5.41, 5.74) is -1.19. The molecule has 0 saturated carbocycles. The average Bonchev–Trinajstić information content (AvgIpc) is 3.21. The van der Waals surface area contributed by atoms with Crippen molar-refractivity contribution < 1.29 is 50.1 Å². The molecule has 0 N–H and O–H groups in total. The highest BCUT2D eigenvalue weighted by molar-refractivity contribution is 7.26. The maximum absolute atomic E-state index is 14.1. The van der Waals surface area contributed by atoms with Gasteiger partial charge in [0.1, 0.15) is 17.1 Å². The second-order valence-corrected chi connectivity index (χ2v) is 8.58. The Morgan fingerprint density at radius 2 is 1.34 bits per heavy atom. The molecule has 0 unspecified atom stereocenters. The molecular formula is C26H14F6O5S. The zero-order valence-corrected chi connectivity index (χ0v) is 19.7. The molecule has 0 aliphatic carbocycles. The number of benzene rings is 3. The Bertz CT molecular complexity index is 1580. The number of ether oxygens (including phenoxy) is 3. The number of rotatable bonds is 6. The van der Waals surface area contributed by atoms with Crippen LogP contribution in [-0.4, -0.2) is 18.3 Å². The van der Waals surface area contributed by atoms with E-state index in [0.29, 0.717) is 17.4 Å². The van der Waals surface area contributed by atoms with Crippen LogP contribution >= 0.6 is 11.3 Å². The van der Waals surface area contributed by atoms with Crippen LogP contribution in [0.3, 0.4) is 0 Å². The minimum atomic E-state index is -5.17. The molecule has 12 heteroatoms. The number of alkyl halides is 6.